The van der Waals surface area contributed by atoms with Gasteiger partial charge >= 0.3 is 6.03 Å². The second-order valence-corrected chi connectivity index (χ2v) is 5.93. The summed E-state index contributed by atoms with van der Waals surface area (Å²) in [7, 11) is 1.86. The van der Waals surface area contributed by atoms with Crippen LogP contribution >= 0.6 is 0 Å². The number of nitrogens with zero attached hydrogens (tertiary/aromatic N) is 3. The lowest BCUT2D eigenvalue weighted by Gasteiger charge is -2.53. The maximum Gasteiger partial charge on any atom is 0.322 e. The van der Waals surface area contributed by atoms with E-state index in [9.17, 15) is 4.79 Å². The molecule has 0 aliphatic carbocycles. The van der Waals surface area contributed by atoms with Crippen molar-refractivity contribution in [3.05, 3.63) is 0 Å². The molecular formula is C13H25N3O2. The highest BCUT2D eigenvalue weighted by molar-refractivity contribution is 5.75. The molecule has 0 aromatic carbocycles. The highest BCUT2D eigenvalue weighted by Gasteiger charge is 2.54. The highest BCUT2D eigenvalue weighted by atomic mass is 16.5. The van der Waals surface area contributed by atoms with Crippen LogP contribution < -0.4 is 0 Å². The maximum atomic E-state index is 12.4. The number of carbonyl (C=O) groups is 1. The molecule has 18 heavy (non-hydrogen) atoms. The van der Waals surface area contributed by atoms with E-state index < -0.39 is 0 Å². The van der Waals surface area contributed by atoms with Crippen LogP contribution in [0.4, 0.5) is 4.79 Å². The molecule has 0 bridgehead atoms. The topological polar surface area (TPSA) is 36.0 Å². The van der Waals surface area contributed by atoms with Gasteiger partial charge in [-0.2, -0.15) is 0 Å². The van der Waals surface area contributed by atoms with Gasteiger partial charge in [-0.15, -0.1) is 0 Å². The van der Waals surface area contributed by atoms with Crippen molar-refractivity contribution in [2.45, 2.75) is 45.5 Å². The summed E-state index contributed by atoms with van der Waals surface area (Å²) in [6.45, 7) is 11.4. The lowest BCUT2D eigenvalue weighted by atomic mass is 10.0. The average molecular weight is 255 g/mol. The summed E-state index contributed by atoms with van der Waals surface area (Å²) in [5.74, 6) is 0. The van der Waals surface area contributed by atoms with Crippen LogP contribution in [-0.4, -0.2) is 71.8 Å². The lowest BCUT2D eigenvalue weighted by molar-refractivity contribution is -0.175. The van der Waals surface area contributed by atoms with Gasteiger partial charge in [0.15, 0.2) is 5.72 Å². The molecule has 2 rings (SSSR count). The smallest absolute Gasteiger partial charge is 0.322 e. The Morgan fingerprint density at radius 3 is 2.39 bits per heavy atom. The van der Waals surface area contributed by atoms with Crippen LogP contribution in [-0.2, 0) is 4.74 Å². The van der Waals surface area contributed by atoms with Gasteiger partial charge < -0.3 is 9.64 Å². The Morgan fingerprint density at radius 1 is 1.28 bits per heavy atom. The predicted molar refractivity (Wildman–Crippen MR) is 70.4 cm³/mol. The molecular weight excluding hydrogens is 230 g/mol. The molecule has 2 aliphatic rings. The van der Waals surface area contributed by atoms with Gasteiger partial charge in [0.1, 0.15) is 0 Å². The fraction of sp³-hybridized carbons (Fsp3) is 0.923. The van der Waals surface area contributed by atoms with Crippen molar-refractivity contribution in [2.75, 3.05) is 33.3 Å². The molecule has 1 spiro atoms. The summed E-state index contributed by atoms with van der Waals surface area (Å²) < 4.78 is 5.86. The van der Waals surface area contributed by atoms with Crippen LogP contribution in [0.15, 0.2) is 0 Å². The third-order valence-electron chi connectivity index (χ3n) is 4.12. The molecule has 0 N–H and O–H groups in total. The first kappa shape index (κ1) is 13.6. The second kappa shape index (κ2) is 4.70. The van der Waals surface area contributed by atoms with Crippen molar-refractivity contribution in [1.29, 1.82) is 0 Å². The minimum atomic E-state index is -0.357. The summed E-state index contributed by atoms with van der Waals surface area (Å²) in [5, 5.41) is 0. The fourth-order valence-corrected chi connectivity index (χ4v) is 2.51. The Morgan fingerprint density at radius 2 is 1.89 bits per heavy atom. The van der Waals surface area contributed by atoms with Crippen molar-refractivity contribution in [3.63, 3.8) is 0 Å². The number of carbonyl (C=O) groups excluding carboxylic acids is 1. The van der Waals surface area contributed by atoms with Crippen LogP contribution in [0, 0.1) is 0 Å². The van der Waals surface area contributed by atoms with E-state index in [0.29, 0.717) is 19.2 Å². The van der Waals surface area contributed by atoms with E-state index in [2.05, 4.69) is 18.7 Å². The molecule has 2 saturated heterocycles. The quantitative estimate of drug-likeness (QED) is 0.744. The molecule has 0 aromatic rings. The van der Waals surface area contributed by atoms with Gasteiger partial charge in [-0.05, 0) is 27.7 Å². The Kier molecular flexibility index (Phi) is 3.56. The Labute approximate surface area is 110 Å². The van der Waals surface area contributed by atoms with Gasteiger partial charge in [0.2, 0.25) is 0 Å². The monoisotopic (exact) mass is 255 g/mol. The highest BCUT2D eigenvalue weighted by Crippen LogP contribution is 2.35. The van der Waals surface area contributed by atoms with Crippen LogP contribution in [0.2, 0.25) is 0 Å². The zero-order valence-electron chi connectivity index (χ0n) is 12.1. The van der Waals surface area contributed by atoms with Crippen LogP contribution in [0.5, 0.6) is 0 Å². The van der Waals surface area contributed by atoms with E-state index in [1.165, 1.54) is 0 Å². The molecule has 0 atom stereocenters. The normalized spacial score (nSPS) is 22.9. The third kappa shape index (κ3) is 2.10. The van der Waals surface area contributed by atoms with Crippen molar-refractivity contribution in [3.8, 4) is 0 Å². The zero-order valence-corrected chi connectivity index (χ0v) is 12.1. The van der Waals surface area contributed by atoms with Gasteiger partial charge in [0, 0.05) is 38.8 Å². The van der Waals surface area contributed by atoms with Crippen molar-refractivity contribution < 1.29 is 9.53 Å². The van der Waals surface area contributed by atoms with E-state index in [0.717, 1.165) is 13.1 Å². The second-order valence-electron chi connectivity index (χ2n) is 5.93. The Bertz CT molecular complexity index is 324. The number of likely N-dealkylation sites (tertiary alicyclic amines) is 1. The number of ether oxygens (including phenoxy) is 1. The summed E-state index contributed by atoms with van der Waals surface area (Å²) in [4.78, 5) is 18.5. The number of hydrogen-bond acceptors (Lipinski definition) is 3. The summed E-state index contributed by atoms with van der Waals surface area (Å²) >= 11 is 0. The minimum Gasteiger partial charge on any atom is -0.351 e. The molecule has 0 radical (unpaired) electrons. The molecule has 2 aliphatic heterocycles. The first-order valence-electron chi connectivity index (χ1n) is 6.80. The van der Waals surface area contributed by atoms with Gasteiger partial charge in [0.05, 0.1) is 6.61 Å². The first-order valence-corrected chi connectivity index (χ1v) is 6.80. The summed E-state index contributed by atoms with van der Waals surface area (Å²) in [6.07, 6.45) is 0. The van der Waals surface area contributed by atoms with E-state index in [1.54, 1.807) is 4.90 Å². The molecule has 5 heteroatoms. The van der Waals surface area contributed by atoms with Crippen LogP contribution in [0.25, 0.3) is 0 Å². The van der Waals surface area contributed by atoms with E-state index in [-0.39, 0.29) is 17.8 Å². The van der Waals surface area contributed by atoms with E-state index in [1.807, 2.05) is 25.8 Å². The molecule has 2 heterocycles. The molecule has 5 nitrogen and oxygen atoms in total. The Hall–Kier alpha value is -0.810. The first-order chi connectivity index (χ1) is 8.37. The van der Waals surface area contributed by atoms with Crippen LogP contribution in [0.1, 0.15) is 27.7 Å². The van der Waals surface area contributed by atoms with Gasteiger partial charge in [-0.25, -0.2) is 4.79 Å². The molecule has 0 saturated carbocycles. The van der Waals surface area contributed by atoms with E-state index >= 15 is 0 Å². The maximum absolute atomic E-state index is 12.4. The molecule has 104 valence electrons. The lowest BCUT2D eigenvalue weighted by Crippen LogP contribution is -2.71. The molecule has 0 unspecified atom stereocenters. The summed E-state index contributed by atoms with van der Waals surface area (Å²) in [5.41, 5.74) is -0.357. The van der Waals surface area contributed by atoms with Gasteiger partial charge in [-0.3, -0.25) is 9.80 Å². The third-order valence-corrected chi connectivity index (χ3v) is 4.12. The largest absolute Gasteiger partial charge is 0.351 e. The van der Waals surface area contributed by atoms with Crippen molar-refractivity contribution in [2.24, 2.45) is 0 Å². The van der Waals surface area contributed by atoms with Crippen molar-refractivity contribution >= 4 is 6.03 Å². The number of amides is 2. The van der Waals surface area contributed by atoms with E-state index in [4.69, 9.17) is 4.74 Å². The predicted octanol–water partition coefficient (Wildman–Crippen LogP) is 1.20. The SMILES string of the molecule is CC(C)N1CC2(C1)OCCN2C(=O)N(C)C(C)C. The fourth-order valence-electron chi connectivity index (χ4n) is 2.51. The average Bonchev–Trinajstić information content (AvgIpc) is 2.68. The molecule has 2 fully saturated rings. The Balaban J connectivity index is 2.03. The standard InChI is InChI=1S/C13H25N3O2/c1-10(2)14(5)12(17)16-6-7-18-13(16)8-15(9-13)11(3)4/h10-11H,6-9H2,1-5H3. The number of rotatable bonds is 2. The molecule has 0 aromatic heterocycles. The van der Waals surface area contributed by atoms with Crippen LogP contribution in [0.3, 0.4) is 0 Å². The number of urea groups is 1. The minimum absolute atomic E-state index is 0.0888. The zero-order chi connectivity index (χ0) is 13.5. The van der Waals surface area contributed by atoms with Crippen molar-refractivity contribution in [1.82, 2.24) is 14.7 Å². The van der Waals surface area contributed by atoms with Gasteiger partial charge in [0.25, 0.3) is 0 Å². The summed E-state index contributed by atoms with van der Waals surface area (Å²) in [6, 6.07) is 0.821. The van der Waals surface area contributed by atoms with Gasteiger partial charge in [-0.1, -0.05) is 0 Å². The molecule has 2 amide bonds. The number of hydrogen-bond donors (Lipinski definition) is 0.